The second kappa shape index (κ2) is 21.3. The molecule has 6 aromatic rings. The van der Waals surface area contributed by atoms with E-state index in [0.29, 0.717) is 35.8 Å². The molecule has 3 fully saturated rings. The molecule has 0 radical (unpaired) electrons. The van der Waals surface area contributed by atoms with Crippen LogP contribution >= 0.6 is 15.9 Å². The van der Waals surface area contributed by atoms with E-state index >= 15 is 0 Å². The fourth-order valence-corrected chi connectivity index (χ4v) is 6.33. The summed E-state index contributed by atoms with van der Waals surface area (Å²) in [5.41, 5.74) is -0.0990. The fraction of sp³-hybridized carbons (Fsp3) is 0.500. The molecule has 6 aromatic heterocycles. The highest BCUT2D eigenvalue weighted by atomic mass is 79.9. The SMILES string of the molecule is C.C.C[C@@H](Oc1ncc(-c2ccc3nnc(C(F)(F)OC4CC4)n3c2)cc1F)C(F)(F)F.C[C@@H](Oc1ncc(B2OC(C)(C)C(C)(C)O2)cc1F)C(F)(F)F.FC(F)(OC1CC1)c1nnc2ccc(Br)cn12. The van der Waals surface area contributed by atoms with Crippen molar-refractivity contribution in [2.24, 2.45) is 0 Å². The molecule has 0 N–H and O–H groups in total. The van der Waals surface area contributed by atoms with Crippen LogP contribution in [0.3, 0.4) is 0 Å². The van der Waals surface area contributed by atoms with Crippen molar-refractivity contribution in [3.8, 4) is 22.9 Å². The maximum atomic E-state index is 14.4. The number of nitrogens with zero attached hydrogens (tertiary/aromatic N) is 8. The lowest BCUT2D eigenvalue weighted by molar-refractivity contribution is -0.261. The van der Waals surface area contributed by atoms with Crippen LogP contribution in [0.25, 0.3) is 22.4 Å². The molecule has 28 heteroatoms. The van der Waals surface area contributed by atoms with E-state index in [4.69, 9.17) is 14.0 Å². The van der Waals surface area contributed by atoms with Gasteiger partial charge in [0, 0.05) is 45.8 Å². The molecular weight excluding hydrogens is 1060 g/mol. The van der Waals surface area contributed by atoms with Gasteiger partial charge in [0.05, 0.1) is 23.4 Å². The second-order valence-electron chi connectivity index (χ2n) is 17.2. The van der Waals surface area contributed by atoms with Crippen LogP contribution in [0.2, 0.25) is 0 Å². The van der Waals surface area contributed by atoms with Crippen molar-refractivity contribution >= 4 is 39.8 Å². The normalized spacial score (nSPS) is 17.5. The number of rotatable bonds is 12. The average Bonchev–Trinajstić information content (AvgIpc) is 4.14. The number of aromatic nitrogens is 8. The van der Waals surface area contributed by atoms with E-state index in [2.05, 4.69) is 60.5 Å². The Hall–Kier alpha value is -5.32. The smallest absolute Gasteiger partial charge is 0.463 e. The molecule has 2 saturated carbocycles. The molecule has 0 unspecified atom stereocenters. The Bertz CT molecular complexity index is 2810. The molecule has 0 spiro atoms. The zero-order valence-electron chi connectivity index (χ0n) is 37.4. The van der Waals surface area contributed by atoms with Gasteiger partial charge in [0.2, 0.25) is 11.6 Å². The second-order valence-corrected chi connectivity index (χ2v) is 18.1. The molecule has 394 valence electrons. The van der Waals surface area contributed by atoms with Gasteiger partial charge in [-0.15, -0.1) is 20.4 Å². The number of hydrogen-bond acceptors (Lipinski definition) is 12. The molecule has 2 atom stereocenters. The Balaban J connectivity index is 0.000000205. The molecule has 2 aliphatic carbocycles. The number of hydrogen-bond donors (Lipinski definition) is 0. The first-order chi connectivity index (χ1) is 32.4. The van der Waals surface area contributed by atoms with E-state index in [1.54, 1.807) is 12.1 Å². The van der Waals surface area contributed by atoms with Gasteiger partial charge in [0.1, 0.15) is 0 Å². The van der Waals surface area contributed by atoms with Gasteiger partial charge >= 0.3 is 31.7 Å². The van der Waals surface area contributed by atoms with Crippen LogP contribution in [0.5, 0.6) is 11.8 Å². The minimum atomic E-state index is -4.68. The van der Waals surface area contributed by atoms with E-state index in [9.17, 15) is 52.7 Å². The maximum Gasteiger partial charge on any atom is 0.496 e. The Labute approximate surface area is 413 Å². The van der Waals surface area contributed by atoms with Crippen LogP contribution in [0.15, 0.2) is 65.7 Å². The van der Waals surface area contributed by atoms with Crippen molar-refractivity contribution in [3.05, 3.63) is 88.9 Å². The zero-order valence-corrected chi connectivity index (χ0v) is 39.0. The molecular formula is C44H48BBrF12N8O6. The van der Waals surface area contributed by atoms with Crippen molar-refractivity contribution in [1.29, 1.82) is 0 Å². The van der Waals surface area contributed by atoms with Crippen LogP contribution < -0.4 is 14.9 Å². The standard InChI is InChI=1S/C18H14F6N4O2.C14H18BF4NO3.C10H8BrF2N3O.2CH4/c1-9(17(20,21)22)29-15-13(19)6-11(7-25-15)10-2-5-14-26-27-16(28(14)8-10)18(23,24)30-12-3-4-12;1-8(14(17,18)19)21-11-10(16)6-9(7-20-11)15-22-12(2,3)13(4,5)23-15;11-6-1-4-8-14-15-9(16(8)5-6)10(12,13)17-7-2-3-7;;/h2,5-9,12H,3-4H2,1H3;6-8H,1-5H3;1,4-5,7H,2-3H2;2*1H4/t9-;8-;;;/m11.../s1. The lowest BCUT2D eigenvalue weighted by Gasteiger charge is -2.32. The number of ether oxygens (including phenoxy) is 4. The first-order valence-corrected chi connectivity index (χ1v) is 21.8. The average molecular weight is 1100 g/mol. The van der Waals surface area contributed by atoms with Crippen molar-refractivity contribution in [2.75, 3.05) is 0 Å². The Morgan fingerprint density at radius 2 is 1.06 bits per heavy atom. The molecule has 3 aliphatic rings. The van der Waals surface area contributed by atoms with E-state index in [-0.39, 0.29) is 43.2 Å². The lowest BCUT2D eigenvalue weighted by Crippen LogP contribution is -2.41. The van der Waals surface area contributed by atoms with Gasteiger partial charge in [-0.25, -0.2) is 18.7 Å². The summed E-state index contributed by atoms with van der Waals surface area (Å²) in [4.78, 5) is 7.20. The summed E-state index contributed by atoms with van der Waals surface area (Å²) in [6.45, 7) is 8.83. The first kappa shape index (κ1) is 57.6. The highest BCUT2D eigenvalue weighted by Crippen LogP contribution is 2.40. The third kappa shape index (κ3) is 13.4. The molecule has 14 nitrogen and oxygen atoms in total. The summed E-state index contributed by atoms with van der Waals surface area (Å²) >= 11 is 3.22. The van der Waals surface area contributed by atoms with Gasteiger partial charge in [0.15, 0.2) is 35.1 Å². The van der Waals surface area contributed by atoms with E-state index in [0.717, 1.165) is 36.6 Å². The summed E-state index contributed by atoms with van der Waals surface area (Å²) in [5, 5.41) is 14.4. The van der Waals surface area contributed by atoms with Gasteiger partial charge in [0.25, 0.3) is 11.8 Å². The number of halogens is 13. The summed E-state index contributed by atoms with van der Waals surface area (Å²) in [6.07, 6.45) is -14.3. The van der Waals surface area contributed by atoms with Crippen LogP contribution in [-0.2, 0) is 31.0 Å². The lowest BCUT2D eigenvalue weighted by atomic mass is 9.80. The maximum absolute atomic E-state index is 14.4. The summed E-state index contributed by atoms with van der Waals surface area (Å²) in [7, 11) is -0.851. The summed E-state index contributed by atoms with van der Waals surface area (Å²) < 4.78 is 192. The van der Waals surface area contributed by atoms with Gasteiger partial charge in [-0.05, 0) is 120 Å². The van der Waals surface area contributed by atoms with Crippen LogP contribution in [0.1, 0.15) is 93.7 Å². The van der Waals surface area contributed by atoms with Crippen molar-refractivity contribution < 1.29 is 80.9 Å². The van der Waals surface area contributed by atoms with Crippen LogP contribution in [0, 0.1) is 11.6 Å². The molecule has 7 heterocycles. The van der Waals surface area contributed by atoms with E-state index in [1.165, 1.54) is 35.1 Å². The minimum absolute atomic E-state index is 0. The highest BCUT2D eigenvalue weighted by molar-refractivity contribution is 9.10. The summed E-state index contributed by atoms with van der Waals surface area (Å²) in [6, 6.07) is 8.07. The Morgan fingerprint density at radius 3 is 1.49 bits per heavy atom. The van der Waals surface area contributed by atoms with E-state index < -0.39 is 96.2 Å². The van der Waals surface area contributed by atoms with Gasteiger partial charge < -0.3 is 28.3 Å². The van der Waals surface area contributed by atoms with Crippen molar-refractivity contribution in [2.45, 2.75) is 142 Å². The number of pyridine rings is 4. The predicted molar refractivity (Wildman–Crippen MR) is 239 cm³/mol. The molecule has 0 aromatic carbocycles. The third-order valence-electron chi connectivity index (χ3n) is 11.0. The molecule has 0 bridgehead atoms. The molecule has 72 heavy (non-hydrogen) atoms. The number of alkyl halides is 10. The van der Waals surface area contributed by atoms with Gasteiger partial charge in [-0.1, -0.05) is 14.9 Å². The monoisotopic (exact) mass is 1100 g/mol. The molecule has 0 amide bonds. The fourth-order valence-electron chi connectivity index (χ4n) is 5.99. The van der Waals surface area contributed by atoms with Crippen molar-refractivity contribution in [1.82, 2.24) is 39.2 Å². The van der Waals surface area contributed by atoms with Crippen molar-refractivity contribution in [3.63, 3.8) is 0 Å². The highest BCUT2D eigenvalue weighted by Gasteiger charge is 2.52. The van der Waals surface area contributed by atoms with Gasteiger partial charge in [-0.2, -0.15) is 43.9 Å². The minimum Gasteiger partial charge on any atom is -0.463 e. The zero-order chi connectivity index (χ0) is 51.4. The third-order valence-corrected chi connectivity index (χ3v) is 11.4. The quantitative estimate of drug-likeness (QED) is 0.0850. The van der Waals surface area contributed by atoms with E-state index in [1.807, 2.05) is 27.7 Å². The molecule has 1 saturated heterocycles. The Kier molecular flexibility index (Phi) is 17.0. The van der Waals surface area contributed by atoms with Gasteiger partial charge in [-0.3, -0.25) is 8.80 Å². The summed E-state index contributed by atoms with van der Waals surface area (Å²) in [5.74, 6) is -4.89. The molecule has 9 rings (SSSR count). The van der Waals surface area contributed by atoms with Crippen LogP contribution in [-0.4, -0.2) is 94.3 Å². The largest absolute Gasteiger partial charge is 0.496 e. The van der Waals surface area contributed by atoms with Crippen LogP contribution in [0.4, 0.5) is 52.7 Å². The first-order valence-electron chi connectivity index (χ1n) is 21.0. The molecule has 1 aliphatic heterocycles. The topological polar surface area (TPSA) is 142 Å². The number of fused-ring (bicyclic) bond motifs is 2. The predicted octanol–water partition coefficient (Wildman–Crippen LogP) is 11.3. The Morgan fingerprint density at radius 1 is 0.625 bits per heavy atom.